The van der Waals surface area contributed by atoms with Crippen LogP contribution in [0.15, 0.2) is 65.4 Å². The van der Waals surface area contributed by atoms with Crippen molar-refractivity contribution in [3.63, 3.8) is 0 Å². The first kappa shape index (κ1) is 49.0. The molecule has 0 bridgehead atoms. The number of esters is 2. The van der Waals surface area contributed by atoms with E-state index in [4.69, 9.17) is 38.8 Å². The van der Waals surface area contributed by atoms with Gasteiger partial charge in [0.15, 0.2) is 0 Å². The van der Waals surface area contributed by atoms with Crippen LogP contribution in [0.2, 0.25) is 0 Å². The van der Waals surface area contributed by atoms with Crippen LogP contribution in [0.4, 0.5) is 8.78 Å². The maximum absolute atomic E-state index is 13.8. The maximum atomic E-state index is 13.8. The van der Waals surface area contributed by atoms with Gasteiger partial charge in [0.1, 0.15) is 37.0 Å². The zero-order valence-electron chi connectivity index (χ0n) is 36.0. The number of halogens is 3. The highest BCUT2D eigenvalue weighted by molar-refractivity contribution is 9.10. The van der Waals surface area contributed by atoms with Crippen LogP contribution in [0.5, 0.6) is 11.8 Å². The summed E-state index contributed by atoms with van der Waals surface area (Å²) in [6.07, 6.45) is 3.29. The summed E-state index contributed by atoms with van der Waals surface area (Å²) in [5, 5.41) is 17.1. The lowest BCUT2D eigenvalue weighted by molar-refractivity contribution is -0.153. The molecule has 0 atom stereocenters. The Balaban J connectivity index is 0.000000261. The van der Waals surface area contributed by atoms with Gasteiger partial charge in [-0.3, -0.25) is 9.59 Å². The molecular formula is C44H50BBrF2N4O8. The number of ether oxygens (including phenoxy) is 4. The highest BCUT2D eigenvalue weighted by Crippen LogP contribution is 2.37. The topological polar surface area (TPSA) is 163 Å². The Morgan fingerprint density at radius 3 is 1.62 bits per heavy atom. The lowest BCUT2D eigenvalue weighted by Gasteiger charge is -2.32. The maximum Gasteiger partial charge on any atom is 0.496 e. The Morgan fingerprint density at radius 1 is 0.750 bits per heavy atom. The van der Waals surface area contributed by atoms with Gasteiger partial charge >= 0.3 is 19.1 Å². The summed E-state index contributed by atoms with van der Waals surface area (Å²) in [6, 6.07) is 15.8. The van der Waals surface area contributed by atoms with E-state index in [9.17, 15) is 18.4 Å². The monoisotopic (exact) mass is 890 g/mol. The second kappa shape index (κ2) is 20.2. The fraction of sp³-hybridized carbons (Fsp3) is 0.409. The first-order chi connectivity index (χ1) is 27.9. The molecule has 1 fully saturated rings. The molecule has 1 saturated heterocycles. The normalized spacial score (nSPS) is 13.9. The highest BCUT2D eigenvalue weighted by Gasteiger charge is 2.52. The summed E-state index contributed by atoms with van der Waals surface area (Å²) in [5.41, 5.74) is 1.78. The molecule has 16 heteroatoms. The van der Waals surface area contributed by atoms with Gasteiger partial charge in [0, 0.05) is 40.0 Å². The van der Waals surface area contributed by atoms with Gasteiger partial charge in [0.05, 0.1) is 47.4 Å². The molecule has 0 spiro atoms. The van der Waals surface area contributed by atoms with Crippen LogP contribution in [0.1, 0.15) is 77.6 Å². The minimum atomic E-state index is -0.792. The van der Waals surface area contributed by atoms with Crippen LogP contribution >= 0.6 is 15.9 Å². The van der Waals surface area contributed by atoms with Gasteiger partial charge in [0.25, 0.3) is 0 Å². The molecule has 0 N–H and O–H groups in total. The number of nitrogens with zero attached hydrogens (tertiary/aromatic N) is 4. The van der Waals surface area contributed by atoms with Crippen molar-refractivity contribution in [2.24, 2.45) is 10.8 Å². The van der Waals surface area contributed by atoms with Crippen molar-refractivity contribution in [1.29, 1.82) is 10.5 Å². The predicted octanol–water partition coefficient (Wildman–Crippen LogP) is 8.37. The summed E-state index contributed by atoms with van der Waals surface area (Å²) in [6.45, 7) is 19.2. The van der Waals surface area contributed by atoms with E-state index in [0.29, 0.717) is 21.8 Å². The average molecular weight is 892 g/mol. The number of carbonyl (C=O) groups excluding carboxylic acids is 2. The van der Waals surface area contributed by atoms with E-state index < -0.39 is 40.8 Å². The summed E-state index contributed by atoms with van der Waals surface area (Å²) in [4.78, 5) is 31.9. The molecule has 4 aromatic rings. The molecule has 1 aliphatic rings. The van der Waals surface area contributed by atoms with Gasteiger partial charge in [-0.1, -0.05) is 22.0 Å². The average Bonchev–Trinajstić information content (AvgIpc) is 3.41. The molecule has 5 rings (SSSR count). The third kappa shape index (κ3) is 12.6. The number of nitriles is 2. The minimum Gasteiger partial charge on any atom is -0.476 e. The summed E-state index contributed by atoms with van der Waals surface area (Å²) < 4.78 is 60.0. The summed E-state index contributed by atoms with van der Waals surface area (Å²) in [7, 11) is 2.24. The molecule has 2 aromatic heterocycles. The van der Waals surface area contributed by atoms with Gasteiger partial charge in [-0.15, -0.1) is 0 Å². The SMILES string of the molecule is COC(=O)C(C)(C)COc1cc(C)c(-c2ccc(C#N)c(F)c2)cn1.COC(=O)C(C)(C)COc1cc(C)c(B2OC(C)(C)C(C)(C)O2)cn1.N#Cc1ccc(Br)cc1F. The Hall–Kier alpha value is -5.42. The van der Waals surface area contributed by atoms with Crippen LogP contribution in [-0.4, -0.2) is 67.7 Å². The molecule has 0 radical (unpaired) electrons. The molecule has 318 valence electrons. The van der Waals surface area contributed by atoms with Gasteiger partial charge in [0.2, 0.25) is 11.8 Å². The standard InChI is InChI=1S/C19H19FN2O3.C18H28BNO5.C7H3BrFN/c1-12-7-17(25-11-19(2,3)18(23)24-4)22-10-15(12)13-5-6-14(9-21)16(20)8-13;1-12-9-14(23-11-16(2,3)15(21)22-8)20-10-13(12)19-24-17(4,5)18(6,7)25-19;8-6-2-1-5(4-10)7(9)3-6/h5-8,10H,11H2,1-4H3;9-10H,11H2,1-8H3;1-3H. The number of hydrogen-bond acceptors (Lipinski definition) is 12. The molecule has 2 aromatic carbocycles. The van der Waals surface area contributed by atoms with E-state index in [1.54, 1.807) is 70.4 Å². The Morgan fingerprint density at radius 2 is 1.20 bits per heavy atom. The zero-order valence-corrected chi connectivity index (χ0v) is 37.5. The second-order valence-electron chi connectivity index (χ2n) is 16.2. The van der Waals surface area contributed by atoms with Crippen molar-refractivity contribution in [2.45, 2.75) is 80.4 Å². The highest BCUT2D eigenvalue weighted by atomic mass is 79.9. The number of benzene rings is 2. The predicted molar refractivity (Wildman–Crippen MR) is 225 cm³/mol. The van der Waals surface area contributed by atoms with Crippen molar-refractivity contribution in [3.8, 4) is 35.0 Å². The third-order valence-electron chi connectivity index (χ3n) is 9.81. The summed E-state index contributed by atoms with van der Waals surface area (Å²) >= 11 is 3.08. The van der Waals surface area contributed by atoms with Gasteiger partial charge in [-0.2, -0.15) is 10.5 Å². The molecule has 3 heterocycles. The van der Waals surface area contributed by atoms with E-state index in [-0.39, 0.29) is 36.3 Å². The van der Waals surface area contributed by atoms with Crippen molar-refractivity contribution in [2.75, 3.05) is 27.4 Å². The number of methoxy groups -OCH3 is 2. The molecule has 0 amide bonds. The fourth-order valence-corrected chi connectivity index (χ4v) is 5.61. The quantitative estimate of drug-likeness (QED) is 0.111. The van der Waals surface area contributed by atoms with Gasteiger partial charge < -0.3 is 28.3 Å². The van der Waals surface area contributed by atoms with Crippen LogP contribution in [-0.2, 0) is 28.4 Å². The largest absolute Gasteiger partial charge is 0.496 e. The number of aryl methyl sites for hydroxylation is 2. The van der Waals surface area contributed by atoms with Crippen LogP contribution in [0.3, 0.4) is 0 Å². The van der Waals surface area contributed by atoms with Crippen LogP contribution in [0, 0.1) is 59.0 Å². The Kier molecular flexibility index (Phi) is 16.5. The molecule has 0 unspecified atom stereocenters. The molecule has 60 heavy (non-hydrogen) atoms. The van der Waals surface area contributed by atoms with Crippen molar-refractivity contribution < 1.29 is 46.6 Å². The lowest BCUT2D eigenvalue weighted by Crippen LogP contribution is -2.41. The molecular weight excluding hydrogens is 841 g/mol. The van der Waals surface area contributed by atoms with Crippen LogP contribution < -0.4 is 14.9 Å². The zero-order chi connectivity index (χ0) is 45.2. The number of hydrogen-bond donors (Lipinski definition) is 0. The molecule has 12 nitrogen and oxygen atoms in total. The third-order valence-corrected chi connectivity index (χ3v) is 10.3. The second-order valence-corrected chi connectivity index (χ2v) is 17.1. The first-order valence-corrected chi connectivity index (χ1v) is 19.5. The molecule has 0 aliphatic carbocycles. The molecule has 0 saturated carbocycles. The smallest absolute Gasteiger partial charge is 0.476 e. The summed E-state index contributed by atoms with van der Waals surface area (Å²) in [5.74, 6) is -0.925. The van der Waals surface area contributed by atoms with E-state index in [1.165, 1.54) is 38.5 Å². The minimum absolute atomic E-state index is 0.000595. The number of pyridine rings is 2. The first-order valence-electron chi connectivity index (χ1n) is 18.7. The lowest BCUT2D eigenvalue weighted by atomic mass is 9.77. The number of carbonyl (C=O) groups is 2. The number of aromatic nitrogens is 2. The fourth-order valence-electron chi connectivity index (χ4n) is 5.28. The van der Waals surface area contributed by atoms with E-state index in [1.807, 2.05) is 47.6 Å². The Labute approximate surface area is 359 Å². The van der Waals surface area contributed by atoms with Crippen molar-refractivity contribution in [3.05, 3.63) is 99.3 Å². The van der Waals surface area contributed by atoms with E-state index in [2.05, 4.69) is 25.9 Å². The molecule has 1 aliphatic heterocycles. The van der Waals surface area contributed by atoms with Crippen molar-refractivity contribution in [1.82, 2.24) is 9.97 Å². The Bertz CT molecular complexity index is 2260. The van der Waals surface area contributed by atoms with E-state index >= 15 is 0 Å². The van der Waals surface area contributed by atoms with Gasteiger partial charge in [-0.05, 0) is 116 Å². The van der Waals surface area contributed by atoms with Crippen molar-refractivity contribution >= 4 is 40.4 Å². The van der Waals surface area contributed by atoms with Crippen LogP contribution in [0.25, 0.3) is 11.1 Å². The van der Waals surface area contributed by atoms with Gasteiger partial charge in [-0.25, -0.2) is 18.7 Å². The van der Waals surface area contributed by atoms with E-state index in [0.717, 1.165) is 22.2 Å². The number of rotatable bonds is 10.